The van der Waals surface area contributed by atoms with Crippen molar-refractivity contribution in [1.82, 2.24) is 4.98 Å². The van der Waals surface area contributed by atoms with E-state index in [1.807, 2.05) is 25.1 Å². The second-order valence-electron chi connectivity index (χ2n) is 3.83. The number of carbonyl (C=O) groups is 2. The molecule has 0 fully saturated rings. The van der Waals surface area contributed by atoms with Crippen LogP contribution in [-0.2, 0) is 9.59 Å². The molecule has 0 aliphatic rings. The van der Waals surface area contributed by atoms with Crippen LogP contribution in [0.3, 0.4) is 0 Å². The average Bonchev–Trinajstić information content (AvgIpc) is 2.69. The van der Waals surface area contributed by atoms with Crippen LogP contribution < -0.4 is 39.6 Å². The minimum atomic E-state index is -0.461. The Morgan fingerprint density at radius 2 is 2.20 bits per heavy atom. The Morgan fingerprint density at radius 3 is 2.85 bits per heavy atom. The third-order valence-electron chi connectivity index (χ3n) is 2.24. The van der Waals surface area contributed by atoms with Gasteiger partial charge in [0.2, 0.25) is 0 Å². The SMILES string of the molecule is CCOc1ccc2nc(NC(=O)[CH-]C(C)=O)sc2c1.[Na+]. The fourth-order valence-electron chi connectivity index (χ4n) is 1.54. The van der Waals surface area contributed by atoms with Crippen molar-refractivity contribution in [2.75, 3.05) is 11.9 Å². The van der Waals surface area contributed by atoms with Crippen LogP contribution in [0.4, 0.5) is 5.13 Å². The van der Waals surface area contributed by atoms with Crippen molar-refractivity contribution in [1.29, 1.82) is 0 Å². The van der Waals surface area contributed by atoms with E-state index in [2.05, 4.69) is 10.3 Å². The number of ketones is 1. The molecule has 0 unspecified atom stereocenters. The van der Waals surface area contributed by atoms with Crippen LogP contribution in [0.5, 0.6) is 5.75 Å². The maximum atomic E-state index is 11.4. The Balaban J connectivity index is 0.00000200. The van der Waals surface area contributed by atoms with Crippen molar-refractivity contribution in [3.05, 3.63) is 24.6 Å². The van der Waals surface area contributed by atoms with Crippen molar-refractivity contribution in [2.24, 2.45) is 0 Å². The van der Waals surface area contributed by atoms with E-state index in [9.17, 15) is 9.59 Å². The molecule has 20 heavy (non-hydrogen) atoms. The Morgan fingerprint density at radius 1 is 1.45 bits per heavy atom. The zero-order valence-electron chi connectivity index (χ0n) is 11.6. The summed E-state index contributed by atoms with van der Waals surface area (Å²) in [4.78, 5) is 26.5. The van der Waals surface area contributed by atoms with Gasteiger partial charge in [0, 0.05) is 5.78 Å². The molecule has 0 atom stereocenters. The molecule has 5 nitrogen and oxygen atoms in total. The molecule has 0 aliphatic carbocycles. The first-order chi connectivity index (χ1) is 9.08. The minimum absolute atomic E-state index is 0. The van der Waals surface area contributed by atoms with E-state index >= 15 is 0 Å². The third kappa shape index (κ3) is 4.49. The van der Waals surface area contributed by atoms with E-state index < -0.39 is 5.91 Å². The molecular formula is C13H13N2NaO3S. The molecule has 1 aromatic heterocycles. The van der Waals surface area contributed by atoms with Crippen LogP contribution in [0, 0.1) is 6.42 Å². The van der Waals surface area contributed by atoms with Gasteiger partial charge < -0.3 is 19.6 Å². The van der Waals surface area contributed by atoms with Gasteiger partial charge in [-0.25, -0.2) is 11.4 Å². The van der Waals surface area contributed by atoms with Crippen LogP contribution in [0.1, 0.15) is 13.8 Å². The number of hydrogen-bond donors (Lipinski definition) is 1. The van der Waals surface area contributed by atoms with Crippen LogP contribution in [0.15, 0.2) is 18.2 Å². The molecule has 1 heterocycles. The van der Waals surface area contributed by atoms with Crippen molar-refractivity contribution in [3.8, 4) is 5.75 Å². The van der Waals surface area contributed by atoms with Gasteiger partial charge in [-0.2, -0.15) is 0 Å². The van der Waals surface area contributed by atoms with E-state index in [-0.39, 0.29) is 35.3 Å². The maximum Gasteiger partial charge on any atom is 1.00 e. The largest absolute Gasteiger partial charge is 1.00 e. The molecule has 7 heteroatoms. The Labute approximate surface area is 143 Å². The molecule has 1 N–H and O–H groups in total. The van der Waals surface area contributed by atoms with E-state index in [0.717, 1.165) is 22.4 Å². The van der Waals surface area contributed by atoms with Gasteiger partial charge >= 0.3 is 29.6 Å². The van der Waals surface area contributed by atoms with Gasteiger partial charge in [0.1, 0.15) is 5.75 Å². The van der Waals surface area contributed by atoms with Gasteiger partial charge in [-0.3, -0.25) is 0 Å². The Bertz CT molecular complexity index is 627. The van der Waals surface area contributed by atoms with E-state index in [0.29, 0.717) is 11.7 Å². The predicted molar refractivity (Wildman–Crippen MR) is 74.4 cm³/mol. The van der Waals surface area contributed by atoms with Crippen LogP contribution >= 0.6 is 11.3 Å². The van der Waals surface area contributed by atoms with Gasteiger partial charge in [-0.15, -0.1) is 0 Å². The van der Waals surface area contributed by atoms with Gasteiger partial charge in [0.05, 0.1) is 22.7 Å². The number of Topliss-reactive ketones (excluding diaryl/α,β-unsaturated/α-hetero) is 1. The molecule has 0 spiro atoms. The molecule has 0 saturated carbocycles. The molecule has 0 radical (unpaired) electrons. The van der Waals surface area contributed by atoms with Crippen molar-refractivity contribution in [2.45, 2.75) is 13.8 Å². The zero-order chi connectivity index (χ0) is 13.8. The summed E-state index contributed by atoms with van der Waals surface area (Å²) >= 11 is 1.34. The first-order valence-electron chi connectivity index (χ1n) is 5.78. The summed E-state index contributed by atoms with van der Waals surface area (Å²) in [5.74, 6) is 0.0145. The fourth-order valence-corrected chi connectivity index (χ4v) is 2.44. The topological polar surface area (TPSA) is 68.3 Å². The summed E-state index contributed by atoms with van der Waals surface area (Å²) in [6, 6.07) is 5.54. The normalized spacial score (nSPS) is 9.70. The van der Waals surface area contributed by atoms with E-state index in [1.54, 1.807) is 0 Å². The second kappa shape index (κ2) is 7.64. The monoisotopic (exact) mass is 300 g/mol. The summed E-state index contributed by atoms with van der Waals surface area (Å²) in [5, 5.41) is 3.03. The third-order valence-corrected chi connectivity index (χ3v) is 3.17. The number of amides is 1. The number of aromatic nitrogens is 1. The van der Waals surface area contributed by atoms with Gasteiger partial charge in [-0.05, 0) is 32.0 Å². The summed E-state index contributed by atoms with van der Waals surface area (Å²) < 4.78 is 6.32. The van der Waals surface area contributed by atoms with Crippen LogP contribution in [0.25, 0.3) is 10.2 Å². The maximum absolute atomic E-state index is 11.4. The van der Waals surface area contributed by atoms with Gasteiger partial charge in [0.25, 0.3) is 0 Å². The standard InChI is InChI=1S/C13H13N2O3S.Na/c1-3-18-9-4-5-10-11(7-9)19-13(14-10)15-12(17)6-8(2)16;/h4-7H,3H2,1-2H3,(H,14,15,17);/q-1;+1. The van der Waals surface area contributed by atoms with Crippen molar-refractivity contribution < 1.29 is 43.9 Å². The summed E-state index contributed by atoms with van der Waals surface area (Å²) in [6.07, 6.45) is 0.998. The number of nitrogens with zero attached hydrogens (tertiary/aromatic N) is 1. The molecule has 1 aromatic carbocycles. The van der Waals surface area contributed by atoms with E-state index in [1.165, 1.54) is 18.3 Å². The van der Waals surface area contributed by atoms with Crippen LogP contribution in [-0.4, -0.2) is 23.3 Å². The number of ether oxygens (including phenoxy) is 1. The quantitative estimate of drug-likeness (QED) is 0.456. The van der Waals surface area contributed by atoms with E-state index in [4.69, 9.17) is 4.74 Å². The Hall–Kier alpha value is -1.08. The smallest absolute Gasteiger partial charge is 0.494 e. The molecule has 0 aliphatic heterocycles. The molecule has 0 saturated heterocycles. The number of nitrogens with one attached hydrogen (secondary N) is 1. The Kier molecular flexibility index (Phi) is 6.48. The molecule has 1 amide bonds. The average molecular weight is 300 g/mol. The fraction of sp³-hybridized carbons (Fsp3) is 0.231. The van der Waals surface area contributed by atoms with Crippen LogP contribution in [0.2, 0.25) is 0 Å². The van der Waals surface area contributed by atoms with Gasteiger partial charge in [-0.1, -0.05) is 11.3 Å². The van der Waals surface area contributed by atoms with Crippen molar-refractivity contribution in [3.63, 3.8) is 0 Å². The number of rotatable bonds is 5. The zero-order valence-corrected chi connectivity index (χ0v) is 14.4. The molecule has 0 bridgehead atoms. The minimum Gasteiger partial charge on any atom is -0.494 e. The summed E-state index contributed by atoms with van der Waals surface area (Å²) in [5.41, 5.74) is 0.784. The molecule has 100 valence electrons. The first-order valence-corrected chi connectivity index (χ1v) is 6.60. The van der Waals surface area contributed by atoms with Gasteiger partial charge in [0.15, 0.2) is 5.13 Å². The molecule has 2 rings (SSSR count). The summed E-state index contributed by atoms with van der Waals surface area (Å²) in [7, 11) is 0. The number of carbonyl (C=O) groups excluding carboxylic acids is 2. The number of thiazole rings is 1. The second-order valence-corrected chi connectivity index (χ2v) is 4.86. The number of anilines is 1. The number of benzene rings is 1. The molecular weight excluding hydrogens is 287 g/mol. The molecule has 2 aromatic rings. The predicted octanol–water partition coefficient (Wildman–Crippen LogP) is -0.569. The summed E-state index contributed by atoms with van der Waals surface area (Å²) in [6.45, 7) is 3.84. The number of hydrogen-bond acceptors (Lipinski definition) is 5. The first kappa shape index (κ1) is 17.0. The van der Waals surface area contributed by atoms with Crippen molar-refractivity contribution >= 4 is 38.4 Å². The number of fused-ring (bicyclic) bond motifs is 1.